The fourth-order valence-electron chi connectivity index (χ4n) is 3.94. The molecule has 0 bridgehead atoms. The smallest absolute Gasteiger partial charge is 0.259 e. The van der Waals surface area contributed by atoms with E-state index in [2.05, 4.69) is 20.0 Å². The van der Waals surface area contributed by atoms with Crippen molar-refractivity contribution in [3.05, 3.63) is 24.2 Å². The summed E-state index contributed by atoms with van der Waals surface area (Å²) >= 11 is 0. The van der Waals surface area contributed by atoms with Crippen molar-refractivity contribution in [2.24, 2.45) is 0 Å². The Labute approximate surface area is 153 Å². The molecule has 26 heavy (non-hydrogen) atoms. The van der Waals surface area contributed by atoms with Gasteiger partial charge in [-0.15, -0.1) is 0 Å². The maximum absolute atomic E-state index is 11.9. The van der Waals surface area contributed by atoms with Crippen LogP contribution in [0.2, 0.25) is 0 Å². The number of piperidine rings is 1. The predicted molar refractivity (Wildman–Crippen MR) is 97.7 cm³/mol. The Morgan fingerprint density at radius 2 is 2.15 bits per heavy atom. The van der Waals surface area contributed by atoms with Crippen LogP contribution >= 0.6 is 0 Å². The fourth-order valence-corrected chi connectivity index (χ4v) is 3.94. The first kappa shape index (κ1) is 17.0. The van der Waals surface area contributed by atoms with E-state index in [0.29, 0.717) is 30.1 Å². The molecular weight excluding hydrogens is 330 g/mol. The third-order valence-corrected chi connectivity index (χ3v) is 5.35. The Morgan fingerprint density at radius 3 is 2.85 bits per heavy atom. The zero-order chi connectivity index (χ0) is 17.9. The average Bonchev–Trinajstić information content (AvgIpc) is 3.29. The Hall–Kier alpha value is -2.44. The van der Waals surface area contributed by atoms with E-state index in [1.54, 1.807) is 13.1 Å². The van der Waals surface area contributed by atoms with Crippen LogP contribution in [-0.2, 0) is 4.79 Å². The highest BCUT2D eigenvalue weighted by atomic mass is 16.5. The molecule has 138 valence electrons. The highest BCUT2D eigenvalue weighted by molar-refractivity contribution is 5.78. The largest absolute Gasteiger partial charge is 0.354 e. The molecule has 2 saturated heterocycles. The number of carbonyl (C=O) groups excluding carboxylic acids is 1. The standard InChI is InChI=1S/C19H25N5O2/c1-14-21-19(26-22-14)15-7-8-17(20-13-15)24-11-3-2-5-16(24)9-12-23-10-4-6-18(23)25/h7-8,13,16H,2-6,9-12H2,1H3. The molecule has 7 nitrogen and oxygen atoms in total. The molecule has 1 amide bonds. The van der Waals surface area contributed by atoms with Crippen LogP contribution in [0, 0.1) is 6.92 Å². The van der Waals surface area contributed by atoms with Gasteiger partial charge in [0.2, 0.25) is 5.91 Å². The molecule has 0 saturated carbocycles. The monoisotopic (exact) mass is 355 g/mol. The molecule has 1 unspecified atom stereocenters. The summed E-state index contributed by atoms with van der Waals surface area (Å²) in [7, 11) is 0. The number of hydrogen-bond acceptors (Lipinski definition) is 6. The van der Waals surface area contributed by atoms with E-state index >= 15 is 0 Å². The number of likely N-dealkylation sites (tertiary alicyclic amines) is 1. The lowest BCUT2D eigenvalue weighted by Gasteiger charge is -2.37. The highest BCUT2D eigenvalue weighted by Crippen LogP contribution is 2.27. The van der Waals surface area contributed by atoms with Gasteiger partial charge in [-0.25, -0.2) is 4.98 Å². The van der Waals surface area contributed by atoms with Crippen LogP contribution < -0.4 is 4.90 Å². The van der Waals surface area contributed by atoms with E-state index in [-0.39, 0.29) is 0 Å². The summed E-state index contributed by atoms with van der Waals surface area (Å²) in [5, 5.41) is 3.83. The molecule has 0 aliphatic carbocycles. The summed E-state index contributed by atoms with van der Waals surface area (Å²) in [6.07, 6.45) is 8.13. The molecule has 0 aromatic carbocycles. The third kappa shape index (κ3) is 3.57. The summed E-state index contributed by atoms with van der Waals surface area (Å²) in [6, 6.07) is 4.47. The lowest BCUT2D eigenvalue weighted by molar-refractivity contribution is -0.127. The van der Waals surface area contributed by atoms with Gasteiger partial charge in [0.05, 0.1) is 5.56 Å². The molecule has 4 rings (SSSR count). The highest BCUT2D eigenvalue weighted by Gasteiger charge is 2.26. The van der Waals surface area contributed by atoms with Crippen molar-refractivity contribution in [2.75, 3.05) is 24.5 Å². The number of pyridine rings is 1. The molecule has 4 heterocycles. The van der Waals surface area contributed by atoms with Crippen LogP contribution in [0.4, 0.5) is 5.82 Å². The number of anilines is 1. The van der Waals surface area contributed by atoms with E-state index in [0.717, 1.165) is 50.3 Å². The zero-order valence-electron chi connectivity index (χ0n) is 15.2. The topological polar surface area (TPSA) is 75.4 Å². The number of carbonyl (C=O) groups is 1. The SMILES string of the molecule is Cc1noc(-c2ccc(N3CCCCC3CCN3CCCC3=O)nc2)n1. The lowest BCUT2D eigenvalue weighted by atomic mass is 9.99. The number of rotatable bonds is 5. The summed E-state index contributed by atoms with van der Waals surface area (Å²) in [5.74, 6) is 2.42. The van der Waals surface area contributed by atoms with Crippen molar-refractivity contribution < 1.29 is 9.32 Å². The summed E-state index contributed by atoms with van der Waals surface area (Å²) in [6.45, 7) is 4.60. The van der Waals surface area contributed by atoms with Gasteiger partial charge in [0.25, 0.3) is 5.89 Å². The fraction of sp³-hybridized carbons (Fsp3) is 0.579. The van der Waals surface area contributed by atoms with Gasteiger partial charge >= 0.3 is 0 Å². The first-order valence-corrected chi connectivity index (χ1v) is 9.52. The molecule has 7 heteroatoms. The van der Waals surface area contributed by atoms with Gasteiger partial charge in [-0.1, -0.05) is 5.16 Å². The Kier molecular flexibility index (Phi) is 4.86. The van der Waals surface area contributed by atoms with E-state index in [9.17, 15) is 4.79 Å². The van der Waals surface area contributed by atoms with Gasteiger partial charge in [0.15, 0.2) is 5.82 Å². The van der Waals surface area contributed by atoms with Gasteiger partial charge < -0.3 is 14.3 Å². The van der Waals surface area contributed by atoms with Gasteiger partial charge in [0, 0.05) is 38.3 Å². The summed E-state index contributed by atoms with van der Waals surface area (Å²) < 4.78 is 5.21. The van der Waals surface area contributed by atoms with Crippen molar-refractivity contribution in [2.45, 2.75) is 51.5 Å². The minimum atomic E-state index is 0.310. The summed E-state index contributed by atoms with van der Waals surface area (Å²) in [4.78, 5) is 25.2. The maximum Gasteiger partial charge on any atom is 0.259 e. The summed E-state index contributed by atoms with van der Waals surface area (Å²) in [5.41, 5.74) is 0.838. The predicted octanol–water partition coefficient (Wildman–Crippen LogP) is 2.81. The molecule has 0 N–H and O–H groups in total. The van der Waals surface area contributed by atoms with Crippen LogP contribution in [0.25, 0.3) is 11.5 Å². The Balaban J connectivity index is 1.44. The molecule has 0 spiro atoms. The molecule has 2 aliphatic rings. The van der Waals surface area contributed by atoms with Gasteiger partial charge in [-0.2, -0.15) is 4.98 Å². The van der Waals surface area contributed by atoms with E-state index < -0.39 is 0 Å². The second-order valence-electron chi connectivity index (χ2n) is 7.17. The molecule has 2 aliphatic heterocycles. The van der Waals surface area contributed by atoms with E-state index in [1.165, 1.54) is 12.8 Å². The number of aromatic nitrogens is 3. The maximum atomic E-state index is 11.9. The number of aryl methyl sites for hydroxylation is 1. The Bertz CT molecular complexity index is 758. The van der Waals surface area contributed by atoms with E-state index in [1.807, 2.05) is 17.0 Å². The van der Waals surface area contributed by atoms with Gasteiger partial charge in [0.1, 0.15) is 5.82 Å². The van der Waals surface area contributed by atoms with Crippen LogP contribution in [0.15, 0.2) is 22.9 Å². The second kappa shape index (κ2) is 7.43. The molecule has 0 radical (unpaired) electrons. The van der Waals surface area contributed by atoms with Crippen molar-refractivity contribution in [1.29, 1.82) is 0 Å². The van der Waals surface area contributed by atoms with Gasteiger partial charge in [-0.3, -0.25) is 4.79 Å². The zero-order valence-corrected chi connectivity index (χ0v) is 15.2. The van der Waals surface area contributed by atoms with Crippen molar-refractivity contribution in [1.82, 2.24) is 20.0 Å². The first-order valence-electron chi connectivity index (χ1n) is 9.52. The van der Waals surface area contributed by atoms with Crippen LogP contribution in [0.3, 0.4) is 0 Å². The average molecular weight is 355 g/mol. The quantitative estimate of drug-likeness (QED) is 0.821. The molecule has 2 aromatic heterocycles. The molecule has 1 atom stereocenters. The molecular formula is C19H25N5O2. The number of amides is 1. The van der Waals surface area contributed by atoms with E-state index in [4.69, 9.17) is 4.52 Å². The number of hydrogen-bond donors (Lipinski definition) is 0. The molecule has 2 aromatic rings. The van der Waals surface area contributed by atoms with Crippen LogP contribution in [-0.4, -0.2) is 51.6 Å². The normalized spacial score (nSPS) is 20.8. The van der Waals surface area contributed by atoms with Crippen molar-refractivity contribution in [3.63, 3.8) is 0 Å². The second-order valence-corrected chi connectivity index (χ2v) is 7.17. The van der Waals surface area contributed by atoms with Gasteiger partial charge in [-0.05, 0) is 51.2 Å². The van der Waals surface area contributed by atoms with Crippen LogP contribution in [0.1, 0.15) is 44.3 Å². The Morgan fingerprint density at radius 1 is 1.23 bits per heavy atom. The molecule has 2 fully saturated rings. The van der Waals surface area contributed by atoms with Crippen molar-refractivity contribution >= 4 is 11.7 Å². The van der Waals surface area contributed by atoms with Crippen molar-refractivity contribution in [3.8, 4) is 11.5 Å². The number of nitrogens with zero attached hydrogens (tertiary/aromatic N) is 5. The van der Waals surface area contributed by atoms with Crippen LogP contribution in [0.5, 0.6) is 0 Å². The lowest BCUT2D eigenvalue weighted by Crippen LogP contribution is -2.42. The minimum Gasteiger partial charge on any atom is -0.354 e. The first-order chi connectivity index (χ1) is 12.7. The third-order valence-electron chi connectivity index (χ3n) is 5.35. The minimum absolute atomic E-state index is 0.310.